The minimum Gasteiger partial charge on any atom is -0.368 e. The maximum absolute atomic E-state index is 11.9. The first-order valence-corrected chi connectivity index (χ1v) is 5.60. The maximum atomic E-state index is 11.9. The molecule has 0 fully saturated rings. The van der Waals surface area contributed by atoms with Crippen LogP contribution in [-0.2, 0) is 4.79 Å². The minimum atomic E-state index is -0.00509. The van der Waals surface area contributed by atoms with Crippen molar-refractivity contribution in [3.05, 3.63) is 17.8 Å². The Morgan fingerprint density at radius 3 is 2.88 bits per heavy atom. The maximum Gasteiger partial charge on any atom is 0.229 e. The highest BCUT2D eigenvalue weighted by atomic mass is 16.2. The van der Waals surface area contributed by atoms with Gasteiger partial charge in [0.15, 0.2) is 0 Å². The van der Waals surface area contributed by atoms with Gasteiger partial charge < -0.3 is 10.6 Å². The number of hydrogen-bond acceptors (Lipinski definition) is 3. The third-order valence-corrected chi connectivity index (χ3v) is 2.92. The average Bonchev–Trinajstić information content (AvgIpc) is 2.36. The summed E-state index contributed by atoms with van der Waals surface area (Å²) in [6.07, 6.45) is 0. The van der Waals surface area contributed by atoms with Crippen molar-refractivity contribution in [3.63, 3.8) is 0 Å². The van der Waals surface area contributed by atoms with E-state index in [4.69, 9.17) is 0 Å². The Morgan fingerprint density at radius 2 is 2.19 bits per heavy atom. The zero-order valence-electron chi connectivity index (χ0n) is 9.87. The summed E-state index contributed by atoms with van der Waals surface area (Å²) in [6.45, 7) is 6.70. The summed E-state index contributed by atoms with van der Waals surface area (Å²) in [4.78, 5) is 16.3. The Bertz CT molecular complexity index is 415. The number of carbonyl (C=O) groups is 1. The van der Waals surface area contributed by atoms with E-state index in [0.717, 1.165) is 17.2 Å². The number of fused-ring (bicyclic) bond motifs is 1. The number of amides is 1. The standard InChI is InChI=1S/C12H17N3O/c1-7(2)9-6-13-11-10(15-12(9)16)5-4-8(3)14-11/h4-5,7,9H,6H2,1-3H3,(H,13,14)(H,15,16). The molecule has 86 valence electrons. The predicted octanol–water partition coefficient (Wildman–Crippen LogP) is 2.03. The third kappa shape index (κ3) is 2.01. The molecule has 0 spiro atoms. The fourth-order valence-corrected chi connectivity index (χ4v) is 1.86. The molecule has 1 aliphatic rings. The van der Waals surface area contributed by atoms with E-state index in [2.05, 4.69) is 29.5 Å². The molecule has 16 heavy (non-hydrogen) atoms. The van der Waals surface area contributed by atoms with Crippen molar-refractivity contribution in [2.45, 2.75) is 20.8 Å². The summed E-state index contributed by atoms with van der Waals surface area (Å²) in [6, 6.07) is 3.79. The molecule has 0 bridgehead atoms. The van der Waals surface area contributed by atoms with Crippen LogP contribution in [0.15, 0.2) is 12.1 Å². The monoisotopic (exact) mass is 219 g/mol. The van der Waals surface area contributed by atoms with Crippen molar-refractivity contribution in [1.82, 2.24) is 4.98 Å². The number of rotatable bonds is 1. The second kappa shape index (κ2) is 4.12. The van der Waals surface area contributed by atoms with Gasteiger partial charge in [0.2, 0.25) is 5.91 Å². The molecule has 0 saturated carbocycles. The lowest BCUT2D eigenvalue weighted by Crippen LogP contribution is -2.29. The molecule has 0 aromatic carbocycles. The summed E-state index contributed by atoms with van der Waals surface area (Å²) in [5.41, 5.74) is 1.72. The molecule has 4 nitrogen and oxygen atoms in total. The van der Waals surface area contributed by atoms with Crippen molar-refractivity contribution in [2.24, 2.45) is 11.8 Å². The van der Waals surface area contributed by atoms with Crippen LogP contribution in [0.1, 0.15) is 19.5 Å². The number of nitrogens with zero attached hydrogens (tertiary/aromatic N) is 1. The van der Waals surface area contributed by atoms with Crippen LogP contribution < -0.4 is 10.6 Å². The lowest BCUT2D eigenvalue weighted by molar-refractivity contribution is -0.120. The Balaban J connectivity index is 2.29. The molecule has 1 aromatic rings. The van der Waals surface area contributed by atoms with Crippen LogP contribution in [0.3, 0.4) is 0 Å². The number of anilines is 2. The van der Waals surface area contributed by atoms with Gasteiger partial charge in [-0.3, -0.25) is 4.79 Å². The molecule has 0 aliphatic carbocycles. The van der Waals surface area contributed by atoms with Crippen LogP contribution >= 0.6 is 0 Å². The Kier molecular flexibility index (Phi) is 2.81. The normalized spacial score (nSPS) is 19.8. The van der Waals surface area contributed by atoms with E-state index in [-0.39, 0.29) is 11.8 Å². The van der Waals surface area contributed by atoms with Crippen molar-refractivity contribution in [1.29, 1.82) is 0 Å². The number of carbonyl (C=O) groups excluding carboxylic acids is 1. The number of nitrogens with one attached hydrogen (secondary N) is 2. The highest BCUT2D eigenvalue weighted by molar-refractivity contribution is 5.96. The van der Waals surface area contributed by atoms with Crippen molar-refractivity contribution >= 4 is 17.4 Å². The largest absolute Gasteiger partial charge is 0.368 e. The summed E-state index contributed by atoms with van der Waals surface area (Å²) in [7, 11) is 0. The number of aromatic nitrogens is 1. The molecule has 1 aromatic heterocycles. The van der Waals surface area contributed by atoms with Crippen LogP contribution in [0.25, 0.3) is 0 Å². The summed E-state index contributed by atoms with van der Waals surface area (Å²) in [5, 5.41) is 6.15. The first-order chi connectivity index (χ1) is 7.58. The van der Waals surface area contributed by atoms with E-state index in [1.54, 1.807) is 0 Å². The van der Waals surface area contributed by atoms with Gasteiger partial charge in [-0.1, -0.05) is 13.8 Å². The number of pyridine rings is 1. The zero-order valence-corrected chi connectivity index (χ0v) is 9.87. The van der Waals surface area contributed by atoms with E-state index in [1.807, 2.05) is 19.1 Å². The van der Waals surface area contributed by atoms with Crippen molar-refractivity contribution < 1.29 is 4.79 Å². The molecule has 4 heteroatoms. The highest BCUT2D eigenvalue weighted by Gasteiger charge is 2.26. The molecular weight excluding hydrogens is 202 g/mol. The molecule has 0 radical (unpaired) electrons. The fraction of sp³-hybridized carbons (Fsp3) is 0.500. The van der Waals surface area contributed by atoms with Gasteiger partial charge in [0, 0.05) is 12.2 Å². The topological polar surface area (TPSA) is 54.0 Å². The van der Waals surface area contributed by atoms with Gasteiger partial charge in [-0.2, -0.15) is 0 Å². The minimum absolute atomic E-state index is 0.00509. The molecule has 1 aliphatic heterocycles. The van der Waals surface area contributed by atoms with Gasteiger partial charge in [-0.15, -0.1) is 0 Å². The third-order valence-electron chi connectivity index (χ3n) is 2.92. The molecule has 1 atom stereocenters. The first kappa shape index (κ1) is 10.9. The molecule has 2 N–H and O–H groups in total. The average molecular weight is 219 g/mol. The summed E-state index contributed by atoms with van der Waals surface area (Å²) >= 11 is 0. The predicted molar refractivity (Wildman–Crippen MR) is 64.4 cm³/mol. The van der Waals surface area contributed by atoms with E-state index in [0.29, 0.717) is 12.5 Å². The summed E-state index contributed by atoms with van der Waals surface area (Å²) < 4.78 is 0. The Morgan fingerprint density at radius 1 is 1.44 bits per heavy atom. The van der Waals surface area contributed by atoms with Gasteiger partial charge in [0.25, 0.3) is 0 Å². The van der Waals surface area contributed by atoms with Gasteiger partial charge in [0.1, 0.15) is 5.82 Å². The van der Waals surface area contributed by atoms with Crippen LogP contribution in [0.2, 0.25) is 0 Å². The smallest absolute Gasteiger partial charge is 0.229 e. The Labute approximate surface area is 95.5 Å². The van der Waals surface area contributed by atoms with Gasteiger partial charge in [0.05, 0.1) is 11.6 Å². The summed E-state index contributed by atoms with van der Waals surface area (Å²) in [5.74, 6) is 1.17. The van der Waals surface area contributed by atoms with Crippen LogP contribution in [-0.4, -0.2) is 17.4 Å². The fourth-order valence-electron chi connectivity index (χ4n) is 1.86. The van der Waals surface area contributed by atoms with Crippen LogP contribution in [0.5, 0.6) is 0 Å². The lowest BCUT2D eigenvalue weighted by Gasteiger charge is -2.16. The van der Waals surface area contributed by atoms with Gasteiger partial charge >= 0.3 is 0 Å². The molecule has 2 heterocycles. The van der Waals surface area contributed by atoms with Crippen LogP contribution in [0, 0.1) is 18.8 Å². The van der Waals surface area contributed by atoms with E-state index in [1.165, 1.54) is 0 Å². The number of hydrogen-bond donors (Lipinski definition) is 2. The molecule has 2 rings (SSSR count). The second-order valence-electron chi connectivity index (χ2n) is 4.57. The van der Waals surface area contributed by atoms with Crippen molar-refractivity contribution in [2.75, 3.05) is 17.2 Å². The second-order valence-corrected chi connectivity index (χ2v) is 4.57. The SMILES string of the molecule is Cc1ccc2c(n1)NCC(C(C)C)C(=O)N2. The quantitative estimate of drug-likeness (QED) is 0.759. The van der Waals surface area contributed by atoms with E-state index < -0.39 is 0 Å². The number of aryl methyl sites for hydroxylation is 1. The molecule has 1 unspecified atom stereocenters. The lowest BCUT2D eigenvalue weighted by atomic mass is 9.95. The zero-order chi connectivity index (χ0) is 11.7. The van der Waals surface area contributed by atoms with Gasteiger partial charge in [-0.05, 0) is 25.0 Å². The molecular formula is C12H17N3O. The van der Waals surface area contributed by atoms with E-state index >= 15 is 0 Å². The highest BCUT2D eigenvalue weighted by Crippen LogP contribution is 2.25. The van der Waals surface area contributed by atoms with Gasteiger partial charge in [-0.25, -0.2) is 4.98 Å². The van der Waals surface area contributed by atoms with Crippen molar-refractivity contribution in [3.8, 4) is 0 Å². The first-order valence-electron chi connectivity index (χ1n) is 5.60. The molecule has 0 saturated heterocycles. The van der Waals surface area contributed by atoms with Crippen LogP contribution in [0.4, 0.5) is 11.5 Å². The molecule has 1 amide bonds. The van der Waals surface area contributed by atoms with E-state index in [9.17, 15) is 4.79 Å². The Hall–Kier alpha value is -1.58.